The van der Waals surface area contributed by atoms with Crippen LogP contribution in [0.3, 0.4) is 0 Å². The van der Waals surface area contributed by atoms with Crippen molar-refractivity contribution in [2.24, 2.45) is 5.92 Å². The van der Waals surface area contributed by atoms with Crippen LogP contribution < -0.4 is 14.8 Å². The van der Waals surface area contributed by atoms with Crippen molar-refractivity contribution in [1.82, 2.24) is 5.32 Å². The quantitative estimate of drug-likeness (QED) is 0.791. The Morgan fingerprint density at radius 1 is 1.09 bits per heavy atom. The van der Waals surface area contributed by atoms with Crippen molar-refractivity contribution in [3.8, 4) is 11.5 Å². The van der Waals surface area contributed by atoms with E-state index in [0.29, 0.717) is 23.0 Å². The second-order valence-electron chi connectivity index (χ2n) is 6.21. The summed E-state index contributed by atoms with van der Waals surface area (Å²) in [6.45, 7) is 8.39. The molecular formula is C18H29NO3. The van der Waals surface area contributed by atoms with Gasteiger partial charge in [-0.05, 0) is 38.3 Å². The highest BCUT2D eigenvalue weighted by Crippen LogP contribution is 2.29. The van der Waals surface area contributed by atoms with Gasteiger partial charge in [0.05, 0.1) is 14.2 Å². The highest BCUT2D eigenvalue weighted by Gasteiger charge is 2.15. The zero-order valence-corrected chi connectivity index (χ0v) is 14.7. The van der Waals surface area contributed by atoms with Crippen LogP contribution in [0.25, 0.3) is 0 Å². The van der Waals surface area contributed by atoms with Gasteiger partial charge in [-0.25, -0.2) is 0 Å². The largest absolute Gasteiger partial charge is 0.496 e. The summed E-state index contributed by atoms with van der Waals surface area (Å²) in [6.07, 6.45) is 3.30. The molecule has 1 amide bonds. The summed E-state index contributed by atoms with van der Waals surface area (Å²) in [5, 5.41) is 3.04. The third kappa shape index (κ3) is 5.24. The molecule has 0 unspecified atom stereocenters. The lowest BCUT2D eigenvalue weighted by molar-refractivity contribution is 0.0937. The van der Waals surface area contributed by atoms with Gasteiger partial charge in [-0.3, -0.25) is 4.79 Å². The Bertz CT molecular complexity index is 472. The summed E-state index contributed by atoms with van der Waals surface area (Å²) in [4.78, 5) is 12.4. The van der Waals surface area contributed by atoms with E-state index in [0.717, 1.165) is 18.4 Å². The number of amides is 1. The lowest BCUT2D eigenvalue weighted by Gasteiger charge is -2.16. The first-order chi connectivity index (χ1) is 10.4. The number of rotatable bonds is 8. The van der Waals surface area contributed by atoms with E-state index in [1.165, 1.54) is 6.42 Å². The van der Waals surface area contributed by atoms with Crippen molar-refractivity contribution >= 4 is 5.91 Å². The van der Waals surface area contributed by atoms with Gasteiger partial charge in [0.15, 0.2) is 0 Å². The molecule has 4 nitrogen and oxygen atoms in total. The molecule has 1 atom stereocenters. The Labute approximate surface area is 134 Å². The summed E-state index contributed by atoms with van der Waals surface area (Å²) >= 11 is 0. The average Bonchev–Trinajstić information content (AvgIpc) is 2.46. The smallest absolute Gasteiger partial charge is 0.251 e. The van der Waals surface area contributed by atoms with Crippen LogP contribution >= 0.6 is 0 Å². The number of nitrogens with one attached hydrogen (secondary N) is 1. The Morgan fingerprint density at radius 3 is 2.09 bits per heavy atom. The van der Waals surface area contributed by atoms with Gasteiger partial charge in [0.25, 0.3) is 5.91 Å². The predicted octanol–water partition coefficient (Wildman–Crippen LogP) is 3.96. The topological polar surface area (TPSA) is 47.6 Å². The molecular weight excluding hydrogens is 278 g/mol. The van der Waals surface area contributed by atoms with Gasteiger partial charge >= 0.3 is 0 Å². The average molecular weight is 307 g/mol. The monoisotopic (exact) mass is 307 g/mol. The van der Waals surface area contributed by atoms with Crippen molar-refractivity contribution in [3.63, 3.8) is 0 Å². The fraction of sp³-hybridized carbons (Fsp3) is 0.611. The molecule has 0 fully saturated rings. The summed E-state index contributed by atoms with van der Waals surface area (Å²) in [7, 11) is 3.19. The van der Waals surface area contributed by atoms with Crippen LogP contribution in [0.5, 0.6) is 11.5 Å². The van der Waals surface area contributed by atoms with E-state index >= 15 is 0 Å². The first kappa shape index (κ1) is 18.3. The van der Waals surface area contributed by atoms with E-state index in [1.54, 1.807) is 26.4 Å². The number of benzene rings is 1. The highest BCUT2D eigenvalue weighted by atomic mass is 16.5. The molecule has 22 heavy (non-hydrogen) atoms. The van der Waals surface area contributed by atoms with E-state index in [1.807, 2.05) is 13.8 Å². The van der Waals surface area contributed by atoms with Crippen LogP contribution in [0.4, 0.5) is 0 Å². The van der Waals surface area contributed by atoms with Crippen molar-refractivity contribution in [3.05, 3.63) is 23.3 Å². The molecule has 1 aromatic rings. The molecule has 1 aromatic carbocycles. The summed E-state index contributed by atoms with van der Waals surface area (Å²) in [6, 6.07) is 3.67. The minimum absolute atomic E-state index is 0.0892. The number of hydrogen-bond acceptors (Lipinski definition) is 3. The van der Waals surface area contributed by atoms with Crippen LogP contribution in [0.1, 0.15) is 56.0 Å². The first-order valence-corrected chi connectivity index (χ1v) is 7.92. The van der Waals surface area contributed by atoms with Crippen LogP contribution in [0.15, 0.2) is 12.1 Å². The Balaban J connectivity index is 2.72. The van der Waals surface area contributed by atoms with Crippen molar-refractivity contribution in [1.29, 1.82) is 0 Å². The van der Waals surface area contributed by atoms with E-state index < -0.39 is 0 Å². The maximum absolute atomic E-state index is 12.4. The Kier molecular flexibility index (Phi) is 7.22. The summed E-state index contributed by atoms with van der Waals surface area (Å²) < 4.78 is 10.6. The van der Waals surface area contributed by atoms with Crippen LogP contribution in [0.2, 0.25) is 0 Å². The van der Waals surface area contributed by atoms with Gasteiger partial charge in [-0.2, -0.15) is 0 Å². The van der Waals surface area contributed by atoms with E-state index in [9.17, 15) is 4.79 Å². The molecule has 1 rings (SSSR count). The molecule has 0 bridgehead atoms. The summed E-state index contributed by atoms with van der Waals surface area (Å²) in [5.74, 6) is 1.94. The number of ether oxygens (including phenoxy) is 2. The van der Waals surface area contributed by atoms with Crippen LogP contribution in [-0.2, 0) is 0 Å². The fourth-order valence-corrected chi connectivity index (χ4v) is 2.43. The Hall–Kier alpha value is -1.71. The molecule has 0 aromatic heterocycles. The molecule has 124 valence electrons. The molecule has 0 aliphatic rings. The summed E-state index contributed by atoms with van der Waals surface area (Å²) in [5.41, 5.74) is 1.46. The maximum atomic E-state index is 12.4. The van der Waals surface area contributed by atoms with Crippen LogP contribution in [0, 0.1) is 12.8 Å². The number of methoxy groups -OCH3 is 2. The lowest BCUT2D eigenvalue weighted by Crippen LogP contribution is -2.32. The van der Waals surface area contributed by atoms with Crippen molar-refractivity contribution in [2.45, 2.75) is 53.0 Å². The molecule has 0 heterocycles. The van der Waals surface area contributed by atoms with Crippen molar-refractivity contribution < 1.29 is 14.3 Å². The first-order valence-electron chi connectivity index (χ1n) is 7.92. The second-order valence-corrected chi connectivity index (χ2v) is 6.21. The standard InChI is InChI=1S/C18H29NO3/c1-12(2)8-7-9-13(3)19-18(20)15-10-16(21-5)14(4)17(11-15)22-6/h10-13H,7-9H2,1-6H3,(H,19,20)/t13-/m1/s1. The number of carbonyl (C=O) groups is 1. The van der Waals surface area contributed by atoms with E-state index in [4.69, 9.17) is 9.47 Å². The highest BCUT2D eigenvalue weighted by molar-refractivity contribution is 5.95. The molecule has 0 radical (unpaired) electrons. The van der Waals surface area contributed by atoms with E-state index in [-0.39, 0.29) is 11.9 Å². The number of hydrogen-bond donors (Lipinski definition) is 1. The predicted molar refractivity (Wildman–Crippen MR) is 89.9 cm³/mol. The number of carbonyl (C=O) groups excluding carboxylic acids is 1. The zero-order valence-electron chi connectivity index (χ0n) is 14.7. The van der Waals surface area contributed by atoms with Gasteiger partial charge in [0.1, 0.15) is 11.5 Å². The fourth-order valence-electron chi connectivity index (χ4n) is 2.43. The van der Waals surface area contributed by atoms with Crippen LogP contribution in [-0.4, -0.2) is 26.2 Å². The molecule has 0 saturated carbocycles. The van der Waals surface area contributed by atoms with Gasteiger partial charge in [-0.15, -0.1) is 0 Å². The molecule has 0 saturated heterocycles. The molecule has 0 spiro atoms. The van der Waals surface area contributed by atoms with Gasteiger partial charge in [0.2, 0.25) is 0 Å². The normalized spacial score (nSPS) is 12.1. The molecule has 1 N–H and O–H groups in total. The van der Waals surface area contributed by atoms with Gasteiger partial charge in [-0.1, -0.05) is 26.7 Å². The Morgan fingerprint density at radius 2 is 1.64 bits per heavy atom. The van der Waals surface area contributed by atoms with Crippen molar-refractivity contribution in [2.75, 3.05) is 14.2 Å². The minimum Gasteiger partial charge on any atom is -0.496 e. The molecule has 4 heteroatoms. The molecule has 0 aliphatic carbocycles. The lowest BCUT2D eigenvalue weighted by atomic mass is 10.0. The van der Waals surface area contributed by atoms with Gasteiger partial charge < -0.3 is 14.8 Å². The SMILES string of the molecule is COc1cc(C(=O)N[C@H](C)CCCC(C)C)cc(OC)c1C. The van der Waals surface area contributed by atoms with E-state index in [2.05, 4.69) is 19.2 Å². The molecule has 0 aliphatic heterocycles. The zero-order chi connectivity index (χ0) is 16.7. The maximum Gasteiger partial charge on any atom is 0.251 e. The minimum atomic E-state index is -0.0892. The van der Waals surface area contributed by atoms with Gasteiger partial charge in [0, 0.05) is 17.2 Å². The second kappa shape index (κ2) is 8.66. The third-order valence-corrected chi connectivity index (χ3v) is 3.81. The third-order valence-electron chi connectivity index (χ3n) is 3.81.